The van der Waals surface area contributed by atoms with Crippen molar-refractivity contribution in [2.24, 2.45) is 11.5 Å². The summed E-state index contributed by atoms with van der Waals surface area (Å²) in [6, 6.07) is -5.52. The van der Waals surface area contributed by atoms with Crippen LogP contribution in [-0.4, -0.2) is 93.1 Å². The maximum Gasteiger partial charge on any atom is 0.326 e. The van der Waals surface area contributed by atoms with E-state index in [1.165, 1.54) is 0 Å². The molecule has 0 aromatic carbocycles. The molecule has 14 nitrogen and oxygen atoms in total. The summed E-state index contributed by atoms with van der Waals surface area (Å²) in [5.74, 6) is -6.26. The fourth-order valence-electron chi connectivity index (χ4n) is 3.05. The van der Waals surface area contributed by atoms with Crippen LogP contribution >= 0.6 is 0 Å². The average Bonchev–Trinajstić information content (AvgIpc) is 3.18. The van der Waals surface area contributed by atoms with Crippen LogP contribution in [0.25, 0.3) is 0 Å². The molecule has 4 unspecified atom stereocenters. The van der Waals surface area contributed by atoms with Gasteiger partial charge in [-0.2, -0.15) is 0 Å². The number of primary amides is 1. The zero-order valence-corrected chi connectivity index (χ0v) is 16.7. The van der Waals surface area contributed by atoms with Crippen LogP contribution in [-0.2, 0) is 28.8 Å². The van der Waals surface area contributed by atoms with Gasteiger partial charge in [-0.1, -0.05) is 0 Å². The molecule has 1 heterocycles. The Labute approximate surface area is 176 Å². The summed E-state index contributed by atoms with van der Waals surface area (Å²) in [6.45, 7) is -0.627. The minimum atomic E-state index is -1.64. The van der Waals surface area contributed by atoms with E-state index in [1.54, 1.807) is 0 Å². The Morgan fingerprint density at radius 3 is 2.16 bits per heavy atom. The quantitative estimate of drug-likeness (QED) is 0.154. The number of amides is 4. The van der Waals surface area contributed by atoms with Crippen molar-refractivity contribution in [2.75, 3.05) is 13.2 Å². The van der Waals surface area contributed by atoms with Crippen molar-refractivity contribution in [1.29, 1.82) is 0 Å². The Kier molecular flexibility index (Phi) is 9.82. The molecule has 4 atom stereocenters. The number of carbonyl (C=O) groups excluding carboxylic acids is 4. The summed E-state index contributed by atoms with van der Waals surface area (Å²) < 4.78 is 0. The molecule has 31 heavy (non-hydrogen) atoms. The average molecular weight is 445 g/mol. The van der Waals surface area contributed by atoms with Crippen LogP contribution in [0.1, 0.15) is 32.1 Å². The SMILES string of the molecule is NC(=O)CCC(NC(=O)C(CC(=O)O)NC(=O)C(N)CO)C(=O)N1CCCC1C(=O)O. The highest BCUT2D eigenvalue weighted by atomic mass is 16.4. The molecule has 9 N–H and O–H groups in total. The highest BCUT2D eigenvalue weighted by Crippen LogP contribution is 2.19. The third-order valence-electron chi connectivity index (χ3n) is 4.66. The first-order valence-electron chi connectivity index (χ1n) is 9.48. The summed E-state index contributed by atoms with van der Waals surface area (Å²) in [6.07, 6.45) is -0.779. The van der Waals surface area contributed by atoms with E-state index in [4.69, 9.17) is 21.7 Å². The van der Waals surface area contributed by atoms with E-state index >= 15 is 0 Å². The maximum atomic E-state index is 12.9. The molecule has 1 aliphatic heterocycles. The van der Waals surface area contributed by atoms with Gasteiger partial charge in [-0.25, -0.2) is 4.79 Å². The van der Waals surface area contributed by atoms with E-state index in [0.29, 0.717) is 6.42 Å². The molecular formula is C17H27N5O9. The lowest BCUT2D eigenvalue weighted by Crippen LogP contribution is -2.58. The van der Waals surface area contributed by atoms with Crippen molar-refractivity contribution in [3.8, 4) is 0 Å². The van der Waals surface area contributed by atoms with Crippen molar-refractivity contribution in [2.45, 2.75) is 56.3 Å². The van der Waals surface area contributed by atoms with Crippen molar-refractivity contribution < 1.29 is 44.1 Å². The third-order valence-corrected chi connectivity index (χ3v) is 4.66. The topological polar surface area (TPSA) is 242 Å². The number of nitrogens with two attached hydrogens (primary N) is 2. The summed E-state index contributed by atoms with van der Waals surface area (Å²) in [7, 11) is 0. The minimum Gasteiger partial charge on any atom is -0.481 e. The molecule has 0 radical (unpaired) electrons. The van der Waals surface area contributed by atoms with Crippen LogP contribution in [0.3, 0.4) is 0 Å². The fraction of sp³-hybridized carbons (Fsp3) is 0.647. The lowest BCUT2D eigenvalue weighted by molar-refractivity contribution is -0.150. The molecule has 1 rings (SSSR count). The van der Waals surface area contributed by atoms with Crippen LogP contribution < -0.4 is 22.1 Å². The molecule has 0 bridgehead atoms. The monoisotopic (exact) mass is 445 g/mol. The van der Waals surface area contributed by atoms with E-state index in [-0.39, 0.29) is 25.8 Å². The first kappa shape index (κ1) is 25.8. The van der Waals surface area contributed by atoms with E-state index in [0.717, 1.165) is 4.90 Å². The molecule has 1 aliphatic rings. The molecule has 4 amide bonds. The van der Waals surface area contributed by atoms with Gasteiger partial charge in [0.1, 0.15) is 24.2 Å². The van der Waals surface area contributed by atoms with Crippen LogP contribution in [0.5, 0.6) is 0 Å². The van der Waals surface area contributed by atoms with Gasteiger partial charge in [0.25, 0.3) is 0 Å². The van der Waals surface area contributed by atoms with Gasteiger partial charge in [0.05, 0.1) is 13.0 Å². The number of hydrogen-bond donors (Lipinski definition) is 7. The van der Waals surface area contributed by atoms with Crippen LogP contribution in [0.4, 0.5) is 0 Å². The van der Waals surface area contributed by atoms with Crippen LogP contribution in [0, 0.1) is 0 Å². The molecule has 0 aromatic heterocycles. The molecule has 174 valence electrons. The number of nitrogens with zero attached hydrogens (tertiary/aromatic N) is 1. The number of aliphatic hydroxyl groups excluding tert-OH is 1. The molecule has 14 heteroatoms. The van der Waals surface area contributed by atoms with Gasteiger partial charge < -0.3 is 42.3 Å². The molecule has 1 fully saturated rings. The first-order valence-corrected chi connectivity index (χ1v) is 9.48. The second-order valence-electron chi connectivity index (χ2n) is 7.04. The Hall–Kier alpha value is -3.26. The Balaban J connectivity index is 3.03. The summed E-state index contributed by atoms with van der Waals surface area (Å²) >= 11 is 0. The number of nitrogens with one attached hydrogen (secondary N) is 2. The Morgan fingerprint density at radius 2 is 1.65 bits per heavy atom. The Bertz CT molecular complexity index is 729. The summed E-state index contributed by atoms with van der Waals surface area (Å²) in [5, 5.41) is 31.6. The number of hydrogen-bond acceptors (Lipinski definition) is 8. The van der Waals surface area contributed by atoms with Gasteiger partial charge in [0.15, 0.2) is 0 Å². The third kappa shape index (κ3) is 7.82. The van der Waals surface area contributed by atoms with Crippen molar-refractivity contribution >= 4 is 35.6 Å². The van der Waals surface area contributed by atoms with Gasteiger partial charge in [0.2, 0.25) is 23.6 Å². The summed E-state index contributed by atoms with van der Waals surface area (Å²) in [4.78, 5) is 72.0. The highest BCUT2D eigenvalue weighted by molar-refractivity contribution is 5.96. The predicted molar refractivity (Wildman–Crippen MR) is 102 cm³/mol. The van der Waals surface area contributed by atoms with Crippen molar-refractivity contribution in [3.05, 3.63) is 0 Å². The van der Waals surface area contributed by atoms with E-state index in [1.807, 2.05) is 0 Å². The van der Waals surface area contributed by atoms with Crippen LogP contribution in [0.2, 0.25) is 0 Å². The molecule has 0 saturated carbocycles. The van der Waals surface area contributed by atoms with E-state index in [2.05, 4.69) is 10.6 Å². The lowest BCUT2D eigenvalue weighted by Gasteiger charge is -2.28. The number of likely N-dealkylation sites (tertiary alicyclic amines) is 1. The second kappa shape index (κ2) is 11.8. The number of rotatable bonds is 12. The zero-order valence-electron chi connectivity index (χ0n) is 16.7. The van der Waals surface area contributed by atoms with E-state index in [9.17, 15) is 33.9 Å². The van der Waals surface area contributed by atoms with Gasteiger partial charge >= 0.3 is 11.9 Å². The first-order chi connectivity index (χ1) is 14.5. The molecule has 0 aliphatic carbocycles. The van der Waals surface area contributed by atoms with Gasteiger partial charge in [-0.3, -0.25) is 24.0 Å². The van der Waals surface area contributed by atoms with Crippen molar-refractivity contribution in [3.63, 3.8) is 0 Å². The number of carboxylic acids is 2. The number of carbonyl (C=O) groups is 6. The van der Waals surface area contributed by atoms with E-state index < -0.39 is 72.8 Å². The van der Waals surface area contributed by atoms with Crippen LogP contribution in [0.15, 0.2) is 0 Å². The molecule has 0 spiro atoms. The predicted octanol–water partition coefficient (Wildman–Crippen LogP) is -3.91. The van der Waals surface area contributed by atoms with Gasteiger partial charge in [-0.05, 0) is 19.3 Å². The largest absolute Gasteiger partial charge is 0.481 e. The number of aliphatic hydroxyl groups is 1. The number of aliphatic carboxylic acids is 2. The minimum absolute atomic E-state index is 0.124. The summed E-state index contributed by atoms with van der Waals surface area (Å²) in [5.41, 5.74) is 10.4. The second-order valence-corrected chi connectivity index (χ2v) is 7.04. The fourth-order valence-corrected chi connectivity index (χ4v) is 3.05. The smallest absolute Gasteiger partial charge is 0.326 e. The molecule has 0 aromatic rings. The van der Waals surface area contributed by atoms with Crippen molar-refractivity contribution in [1.82, 2.24) is 15.5 Å². The Morgan fingerprint density at radius 1 is 1.03 bits per heavy atom. The van der Waals surface area contributed by atoms with Gasteiger partial charge in [-0.15, -0.1) is 0 Å². The van der Waals surface area contributed by atoms with Gasteiger partial charge in [0, 0.05) is 13.0 Å². The highest BCUT2D eigenvalue weighted by Gasteiger charge is 2.38. The maximum absolute atomic E-state index is 12.9. The normalized spacial score (nSPS) is 18.5. The zero-order chi connectivity index (χ0) is 23.7. The molecule has 1 saturated heterocycles. The lowest BCUT2D eigenvalue weighted by atomic mass is 10.1. The molecular weight excluding hydrogens is 418 g/mol. The number of carboxylic acid groups (broad SMARTS) is 2. The standard InChI is InChI=1S/C17H27N5O9/c18-8(7-23)14(27)21-10(6-13(25)26)15(28)20-9(3-4-12(19)24)16(29)22-5-1-2-11(22)17(30)31/h8-11,23H,1-7,18H2,(H2,19,24)(H,20,28)(H,21,27)(H,25,26)(H,30,31).